The largest absolute Gasteiger partial charge is 0.337 e. The van der Waals surface area contributed by atoms with Crippen molar-refractivity contribution in [1.29, 1.82) is 0 Å². The van der Waals surface area contributed by atoms with Crippen molar-refractivity contribution < 1.29 is 0 Å². The molecule has 0 spiro atoms. The Balaban J connectivity index is 2.23. The number of aromatic nitrogens is 3. The Morgan fingerprint density at radius 2 is 1.94 bits per heavy atom. The highest BCUT2D eigenvalue weighted by atomic mass is 79.9. The number of nitrogens with one attached hydrogen (secondary N) is 1. The van der Waals surface area contributed by atoms with Crippen LogP contribution in [-0.2, 0) is 0 Å². The number of imidazole rings is 1. The molecule has 0 aliphatic carbocycles. The van der Waals surface area contributed by atoms with Gasteiger partial charge in [0, 0.05) is 10.7 Å². The number of para-hydroxylation sites is 2. The van der Waals surface area contributed by atoms with Gasteiger partial charge in [-0.3, -0.25) is 4.98 Å². The summed E-state index contributed by atoms with van der Waals surface area (Å²) in [5, 5.41) is 0. The van der Waals surface area contributed by atoms with E-state index >= 15 is 0 Å². The third-order valence-corrected chi connectivity index (χ3v) is 3.01. The maximum absolute atomic E-state index is 4.50. The molecule has 0 aliphatic heterocycles. The number of nitrogens with zero attached hydrogens (tertiary/aromatic N) is 2. The molecule has 16 heavy (non-hydrogen) atoms. The van der Waals surface area contributed by atoms with Crippen molar-refractivity contribution in [3.63, 3.8) is 0 Å². The molecule has 0 fully saturated rings. The zero-order valence-electron chi connectivity index (χ0n) is 8.31. The van der Waals surface area contributed by atoms with Crippen LogP contribution >= 0.6 is 15.9 Å². The normalized spacial score (nSPS) is 10.8. The Bertz CT molecular complexity index is 612. The lowest BCUT2D eigenvalue weighted by Crippen LogP contribution is -1.85. The fourth-order valence-corrected chi connectivity index (χ4v) is 2.07. The summed E-state index contributed by atoms with van der Waals surface area (Å²) in [5.41, 5.74) is 2.81. The van der Waals surface area contributed by atoms with E-state index in [1.54, 1.807) is 6.20 Å². The first-order valence-corrected chi connectivity index (χ1v) is 5.69. The maximum atomic E-state index is 4.50. The van der Waals surface area contributed by atoms with E-state index in [9.17, 15) is 0 Å². The molecule has 4 heteroatoms. The summed E-state index contributed by atoms with van der Waals surface area (Å²) < 4.78 is 0.939. The molecule has 2 aromatic heterocycles. The summed E-state index contributed by atoms with van der Waals surface area (Å²) in [6.45, 7) is 0. The maximum Gasteiger partial charge on any atom is 0.158 e. The van der Waals surface area contributed by atoms with Crippen LogP contribution in [0.15, 0.2) is 47.1 Å². The molecule has 0 atom stereocenters. The average Bonchev–Trinajstić information content (AvgIpc) is 2.73. The van der Waals surface area contributed by atoms with Gasteiger partial charge in [-0.15, -0.1) is 0 Å². The van der Waals surface area contributed by atoms with E-state index in [0.717, 1.165) is 27.0 Å². The molecule has 0 aliphatic rings. The van der Waals surface area contributed by atoms with Gasteiger partial charge in [0.1, 0.15) is 5.69 Å². The summed E-state index contributed by atoms with van der Waals surface area (Å²) in [7, 11) is 0. The molecule has 0 unspecified atom stereocenters. The van der Waals surface area contributed by atoms with Crippen molar-refractivity contribution in [2.45, 2.75) is 0 Å². The van der Waals surface area contributed by atoms with E-state index in [1.165, 1.54) is 0 Å². The lowest BCUT2D eigenvalue weighted by atomic mass is 10.3. The third kappa shape index (κ3) is 1.51. The fourth-order valence-electron chi connectivity index (χ4n) is 1.62. The Morgan fingerprint density at radius 1 is 1.06 bits per heavy atom. The van der Waals surface area contributed by atoms with Crippen LogP contribution in [0, 0.1) is 0 Å². The van der Waals surface area contributed by atoms with Crippen molar-refractivity contribution in [2.75, 3.05) is 0 Å². The molecular weight excluding hydrogens is 266 g/mol. The topological polar surface area (TPSA) is 41.6 Å². The number of fused-ring (bicyclic) bond motifs is 1. The molecular formula is C12H8BrN3. The summed E-state index contributed by atoms with van der Waals surface area (Å²) in [4.78, 5) is 12.0. The van der Waals surface area contributed by atoms with Crippen molar-refractivity contribution in [2.24, 2.45) is 0 Å². The summed E-state index contributed by atoms with van der Waals surface area (Å²) in [5.74, 6) is 0.786. The second kappa shape index (κ2) is 3.72. The summed E-state index contributed by atoms with van der Waals surface area (Å²) in [6.07, 6.45) is 1.76. The number of hydrogen-bond acceptors (Lipinski definition) is 2. The minimum absolute atomic E-state index is 0.786. The zero-order chi connectivity index (χ0) is 11.0. The van der Waals surface area contributed by atoms with Gasteiger partial charge in [-0.1, -0.05) is 12.1 Å². The standard InChI is InChI=1S/C12H8BrN3/c13-8-4-3-7-14-11(8)12-15-9-5-1-2-6-10(9)16-12/h1-7H,(H,15,16). The SMILES string of the molecule is Brc1cccnc1-c1nc2ccccc2[nH]1. The van der Waals surface area contributed by atoms with Gasteiger partial charge >= 0.3 is 0 Å². The van der Waals surface area contributed by atoms with E-state index < -0.39 is 0 Å². The number of benzene rings is 1. The number of aromatic amines is 1. The highest BCUT2D eigenvalue weighted by molar-refractivity contribution is 9.10. The molecule has 3 aromatic rings. The van der Waals surface area contributed by atoms with Crippen molar-refractivity contribution in [3.05, 3.63) is 47.1 Å². The Morgan fingerprint density at radius 3 is 2.75 bits per heavy atom. The summed E-state index contributed by atoms with van der Waals surface area (Å²) in [6, 6.07) is 11.8. The van der Waals surface area contributed by atoms with E-state index in [1.807, 2.05) is 36.4 Å². The van der Waals surface area contributed by atoms with E-state index in [-0.39, 0.29) is 0 Å². The number of H-pyrrole nitrogens is 1. The molecule has 2 heterocycles. The Hall–Kier alpha value is -1.68. The molecule has 78 valence electrons. The van der Waals surface area contributed by atoms with Gasteiger partial charge in [0.25, 0.3) is 0 Å². The quantitative estimate of drug-likeness (QED) is 0.739. The smallest absolute Gasteiger partial charge is 0.158 e. The lowest BCUT2D eigenvalue weighted by Gasteiger charge is -1.97. The van der Waals surface area contributed by atoms with Gasteiger partial charge in [0.2, 0.25) is 0 Å². The molecule has 3 rings (SSSR count). The van der Waals surface area contributed by atoms with Gasteiger partial charge in [0.15, 0.2) is 5.82 Å². The van der Waals surface area contributed by atoms with Gasteiger partial charge in [-0.2, -0.15) is 0 Å². The minimum atomic E-state index is 0.786. The van der Waals surface area contributed by atoms with E-state index in [4.69, 9.17) is 0 Å². The number of halogens is 1. The highest BCUT2D eigenvalue weighted by Gasteiger charge is 2.08. The zero-order valence-corrected chi connectivity index (χ0v) is 9.90. The molecule has 0 saturated carbocycles. The first-order valence-electron chi connectivity index (χ1n) is 4.90. The van der Waals surface area contributed by atoms with Crippen LogP contribution in [0.1, 0.15) is 0 Å². The molecule has 0 bridgehead atoms. The second-order valence-electron chi connectivity index (χ2n) is 3.44. The van der Waals surface area contributed by atoms with Gasteiger partial charge in [0.05, 0.1) is 11.0 Å². The van der Waals surface area contributed by atoms with Crippen LogP contribution in [0.2, 0.25) is 0 Å². The van der Waals surface area contributed by atoms with Crippen LogP contribution in [0.3, 0.4) is 0 Å². The van der Waals surface area contributed by atoms with Gasteiger partial charge in [-0.25, -0.2) is 4.98 Å². The van der Waals surface area contributed by atoms with Crippen LogP contribution < -0.4 is 0 Å². The number of pyridine rings is 1. The molecule has 1 N–H and O–H groups in total. The molecule has 0 saturated heterocycles. The Labute approximate surface area is 101 Å². The van der Waals surface area contributed by atoms with Crippen LogP contribution in [0.4, 0.5) is 0 Å². The van der Waals surface area contributed by atoms with Crippen LogP contribution in [-0.4, -0.2) is 15.0 Å². The minimum Gasteiger partial charge on any atom is -0.337 e. The van der Waals surface area contributed by atoms with Crippen LogP contribution in [0.5, 0.6) is 0 Å². The molecule has 0 amide bonds. The Kier molecular flexibility index (Phi) is 2.22. The fraction of sp³-hybridized carbons (Fsp3) is 0. The van der Waals surface area contributed by atoms with Crippen molar-refractivity contribution >= 4 is 27.0 Å². The first-order chi connectivity index (χ1) is 7.84. The van der Waals surface area contributed by atoms with Crippen LogP contribution in [0.25, 0.3) is 22.6 Å². The molecule has 1 aromatic carbocycles. The first kappa shape index (κ1) is 9.54. The van der Waals surface area contributed by atoms with Crippen molar-refractivity contribution in [1.82, 2.24) is 15.0 Å². The third-order valence-electron chi connectivity index (χ3n) is 2.37. The lowest BCUT2D eigenvalue weighted by molar-refractivity contribution is 1.22. The molecule has 0 radical (unpaired) electrons. The average molecular weight is 274 g/mol. The number of rotatable bonds is 1. The second-order valence-corrected chi connectivity index (χ2v) is 4.29. The number of hydrogen-bond donors (Lipinski definition) is 1. The van der Waals surface area contributed by atoms with Gasteiger partial charge in [-0.05, 0) is 40.2 Å². The monoisotopic (exact) mass is 273 g/mol. The van der Waals surface area contributed by atoms with E-state index in [0.29, 0.717) is 0 Å². The molecule has 3 nitrogen and oxygen atoms in total. The summed E-state index contributed by atoms with van der Waals surface area (Å²) >= 11 is 3.47. The van der Waals surface area contributed by atoms with Crippen molar-refractivity contribution in [3.8, 4) is 11.5 Å². The predicted molar refractivity (Wildman–Crippen MR) is 67.0 cm³/mol. The van der Waals surface area contributed by atoms with E-state index in [2.05, 4.69) is 30.9 Å². The predicted octanol–water partition coefficient (Wildman–Crippen LogP) is 3.39. The van der Waals surface area contributed by atoms with Gasteiger partial charge < -0.3 is 4.98 Å². The highest BCUT2D eigenvalue weighted by Crippen LogP contribution is 2.24.